The number of rotatable bonds is 5. The van der Waals surface area contributed by atoms with Gasteiger partial charge >= 0.3 is 0 Å². The summed E-state index contributed by atoms with van der Waals surface area (Å²) >= 11 is 1.69. The first-order chi connectivity index (χ1) is 12.2. The Bertz CT molecular complexity index is 815. The van der Waals surface area contributed by atoms with Crippen LogP contribution in [0.25, 0.3) is 4.96 Å². The first-order valence-corrected chi connectivity index (χ1v) is 9.80. The summed E-state index contributed by atoms with van der Waals surface area (Å²) in [4.78, 5) is 10.9. The molecule has 6 heteroatoms. The fourth-order valence-electron chi connectivity index (χ4n) is 3.53. The van der Waals surface area contributed by atoms with E-state index in [-0.39, 0.29) is 6.04 Å². The normalized spacial score (nSPS) is 17.3. The summed E-state index contributed by atoms with van der Waals surface area (Å²) in [5.41, 5.74) is 8.72. The number of fused-ring (bicyclic) bond motifs is 1. The van der Waals surface area contributed by atoms with E-state index in [9.17, 15) is 0 Å². The Kier molecular flexibility index (Phi) is 4.74. The Morgan fingerprint density at radius 1 is 1.16 bits per heavy atom. The first kappa shape index (κ1) is 16.6. The van der Waals surface area contributed by atoms with Gasteiger partial charge in [-0.1, -0.05) is 30.3 Å². The van der Waals surface area contributed by atoms with E-state index in [4.69, 9.17) is 10.7 Å². The average molecular weight is 356 g/mol. The molecule has 1 saturated heterocycles. The van der Waals surface area contributed by atoms with Gasteiger partial charge in [0.1, 0.15) is 0 Å². The molecule has 2 aromatic heterocycles. The van der Waals surface area contributed by atoms with Gasteiger partial charge < -0.3 is 10.6 Å². The number of nitrogens with zero attached hydrogens (tertiary/aromatic N) is 4. The molecule has 1 aliphatic rings. The summed E-state index contributed by atoms with van der Waals surface area (Å²) in [5.74, 6) is 1.13. The number of anilines is 1. The van der Waals surface area contributed by atoms with Crippen LogP contribution in [-0.2, 0) is 13.0 Å². The molecule has 1 atom stereocenters. The second-order valence-corrected chi connectivity index (χ2v) is 7.74. The number of hydrogen-bond acceptors (Lipinski definition) is 5. The van der Waals surface area contributed by atoms with Crippen molar-refractivity contribution in [2.75, 3.05) is 31.1 Å². The fraction of sp³-hybridized carbons (Fsp3) is 0.421. The van der Waals surface area contributed by atoms with Gasteiger partial charge in [-0.25, -0.2) is 4.98 Å². The molecule has 0 radical (unpaired) electrons. The van der Waals surface area contributed by atoms with Crippen LogP contribution >= 0.6 is 11.3 Å². The van der Waals surface area contributed by atoms with Crippen LogP contribution in [0.3, 0.4) is 0 Å². The molecule has 0 aliphatic carbocycles. The molecule has 2 N–H and O–H groups in total. The van der Waals surface area contributed by atoms with E-state index in [1.165, 1.54) is 11.3 Å². The maximum atomic E-state index is 6.09. The highest BCUT2D eigenvalue weighted by atomic mass is 32.1. The third kappa shape index (κ3) is 3.56. The lowest BCUT2D eigenvalue weighted by Gasteiger charge is -2.35. The van der Waals surface area contributed by atoms with Crippen molar-refractivity contribution in [1.29, 1.82) is 0 Å². The van der Waals surface area contributed by atoms with Gasteiger partial charge in [-0.05, 0) is 12.5 Å². The van der Waals surface area contributed by atoms with Crippen LogP contribution in [0, 0.1) is 0 Å². The van der Waals surface area contributed by atoms with Gasteiger partial charge in [-0.15, -0.1) is 11.3 Å². The summed E-state index contributed by atoms with van der Waals surface area (Å²) in [7, 11) is 0. The Morgan fingerprint density at radius 3 is 2.64 bits per heavy atom. The quantitative estimate of drug-likeness (QED) is 0.764. The van der Waals surface area contributed by atoms with Gasteiger partial charge in [0, 0.05) is 56.8 Å². The molecule has 1 unspecified atom stereocenters. The minimum absolute atomic E-state index is 0.137. The van der Waals surface area contributed by atoms with E-state index in [0.717, 1.165) is 49.9 Å². The topological polar surface area (TPSA) is 49.8 Å². The third-order valence-corrected chi connectivity index (χ3v) is 5.53. The van der Waals surface area contributed by atoms with Crippen LogP contribution in [-0.4, -0.2) is 46.5 Å². The van der Waals surface area contributed by atoms with Crippen molar-refractivity contribution in [3.05, 3.63) is 53.2 Å². The molecule has 4 rings (SSSR count). The van der Waals surface area contributed by atoms with Gasteiger partial charge in [0.25, 0.3) is 0 Å². The van der Waals surface area contributed by atoms with Crippen molar-refractivity contribution in [3.63, 3.8) is 0 Å². The predicted octanol–water partition coefficient (Wildman–Crippen LogP) is 2.61. The summed E-state index contributed by atoms with van der Waals surface area (Å²) in [6, 6.07) is 10.9. The van der Waals surface area contributed by atoms with E-state index in [1.54, 1.807) is 11.3 Å². The molecule has 0 spiro atoms. The number of hydrogen-bond donors (Lipinski definition) is 1. The van der Waals surface area contributed by atoms with Gasteiger partial charge in [-0.2, -0.15) is 0 Å². The van der Waals surface area contributed by atoms with Crippen molar-refractivity contribution in [3.8, 4) is 0 Å². The molecule has 0 bridgehead atoms. The second-order valence-electron chi connectivity index (χ2n) is 6.87. The van der Waals surface area contributed by atoms with E-state index in [1.807, 2.05) is 0 Å². The summed E-state index contributed by atoms with van der Waals surface area (Å²) < 4.78 is 2.21. The van der Waals surface area contributed by atoms with Gasteiger partial charge in [0.05, 0.1) is 5.69 Å². The van der Waals surface area contributed by atoms with Crippen molar-refractivity contribution >= 4 is 22.1 Å². The molecule has 3 heterocycles. The van der Waals surface area contributed by atoms with Crippen LogP contribution in [0.4, 0.5) is 5.82 Å². The summed E-state index contributed by atoms with van der Waals surface area (Å²) in [5, 5.41) is 2.09. The molecular formula is C19H25N5S. The van der Waals surface area contributed by atoms with Crippen LogP contribution in [0.2, 0.25) is 0 Å². The third-order valence-electron chi connectivity index (χ3n) is 4.78. The number of piperazine rings is 1. The molecule has 25 heavy (non-hydrogen) atoms. The number of aromatic nitrogens is 2. The summed E-state index contributed by atoms with van der Waals surface area (Å²) in [6.45, 7) is 7.26. The zero-order valence-electron chi connectivity index (χ0n) is 14.6. The summed E-state index contributed by atoms with van der Waals surface area (Å²) in [6.07, 6.45) is 2.97. The Balaban J connectivity index is 1.47. The average Bonchev–Trinajstić information content (AvgIpc) is 3.19. The molecule has 0 amide bonds. The molecule has 5 nitrogen and oxygen atoms in total. The lowest BCUT2D eigenvalue weighted by Crippen LogP contribution is -2.46. The zero-order chi connectivity index (χ0) is 17.2. The van der Waals surface area contributed by atoms with E-state index in [2.05, 4.69) is 63.0 Å². The van der Waals surface area contributed by atoms with Crippen LogP contribution in [0.1, 0.15) is 18.2 Å². The lowest BCUT2D eigenvalue weighted by atomic mass is 10.1. The largest absolute Gasteiger partial charge is 0.352 e. The molecule has 1 fully saturated rings. The highest BCUT2D eigenvalue weighted by Gasteiger charge is 2.23. The first-order valence-electron chi connectivity index (χ1n) is 8.92. The highest BCUT2D eigenvalue weighted by Crippen LogP contribution is 2.26. The molecule has 0 saturated carbocycles. The smallest absolute Gasteiger partial charge is 0.195 e. The predicted molar refractivity (Wildman–Crippen MR) is 104 cm³/mol. The standard InChI is InChI=1S/C19H25N5S/c1-15(20)13-17-18(21-19-24(17)11-12-25-19)23-9-7-22(8-10-23)14-16-5-3-2-4-6-16/h2-6,11-12,15H,7-10,13-14,20H2,1H3. The Morgan fingerprint density at radius 2 is 1.92 bits per heavy atom. The fourth-order valence-corrected chi connectivity index (χ4v) is 4.26. The van der Waals surface area contributed by atoms with E-state index in [0.29, 0.717) is 0 Å². The Hall–Kier alpha value is -1.89. The zero-order valence-corrected chi connectivity index (χ0v) is 15.5. The SMILES string of the molecule is CC(N)Cc1c(N2CCN(Cc3ccccc3)CC2)nc2sccn12. The molecule has 1 aromatic carbocycles. The van der Waals surface area contributed by atoms with E-state index >= 15 is 0 Å². The van der Waals surface area contributed by atoms with Gasteiger partial charge in [0.15, 0.2) is 10.8 Å². The van der Waals surface area contributed by atoms with Gasteiger partial charge in [0.2, 0.25) is 0 Å². The maximum Gasteiger partial charge on any atom is 0.195 e. The highest BCUT2D eigenvalue weighted by molar-refractivity contribution is 7.15. The maximum absolute atomic E-state index is 6.09. The molecular weight excluding hydrogens is 330 g/mol. The van der Waals surface area contributed by atoms with Gasteiger partial charge in [-0.3, -0.25) is 9.30 Å². The van der Waals surface area contributed by atoms with E-state index < -0.39 is 0 Å². The second kappa shape index (κ2) is 7.15. The van der Waals surface area contributed by atoms with Crippen LogP contribution < -0.4 is 10.6 Å². The number of benzene rings is 1. The number of imidazole rings is 1. The number of nitrogens with two attached hydrogens (primary N) is 1. The lowest BCUT2D eigenvalue weighted by molar-refractivity contribution is 0.249. The van der Waals surface area contributed by atoms with Crippen LogP contribution in [0.5, 0.6) is 0 Å². The molecule has 132 valence electrons. The molecule has 1 aliphatic heterocycles. The minimum Gasteiger partial charge on any atom is -0.352 e. The van der Waals surface area contributed by atoms with Crippen molar-refractivity contribution in [2.45, 2.75) is 25.9 Å². The Labute approximate surface area is 152 Å². The minimum atomic E-state index is 0.137. The van der Waals surface area contributed by atoms with Crippen molar-refractivity contribution in [1.82, 2.24) is 14.3 Å². The van der Waals surface area contributed by atoms with Crippen LogP contribution in [0.15, 0.2) is 41.9 Å². The number of thiazole rings is 1. The molecule has 3 aromatic rings. The van der Waals surface area contributed by atoms with Crippen molar-refractivity contribution < 1.29 is 0 Å². The monoisotopic (exact) mass is 355 g/mol. The van der Waals surface area contributed by atoms with Crippen molar-refractivity contribution in [2.24, 2.45) is 5.73 Å².